The van der Waals surface area contributed by atoms with Crippen LogP contribution in [0.15, 0.2) is 21.5 Å². The minimum atomic E-state index is -3.65. The van der Waals surface area contributed by atoms with Gasteiger partial charge in [-0.15, -0.1) is 0 Å². The van der Waals surface area contributed by atoms with Crippen LogP contribution in [0.25, 0.3) is 0 Å². The van der Waals surface area contributed by atoms with Gasteiger partial charge in [0.2, 0.25) is 10.0 Å². The zero-order valence-corrected chi connectivity index (χ0v) is 15.7. The van der Waals surface area contributed by atoms with Crippen LogP contribution in [0.1, 0.15) is 27.7 Å². The summed E-state index contributed by atoms with van der Waals surface area (Å²) >= 11 is 9.12. The van der Waals surface area contributed by atoms with E-state index in [2.05, 4.69) is 48.3 Å². The maximum atomic E-state index is 12.5. The van der Waals surface area contributed by atoms with Crippen LogP contribution < -0.4 is 10.5 Å². The summed E-state index contributed by atoms with van der Waals surface area (Å²) in [5, 5.41) is 0.295. The molecular weight excluding hydrogens is 376 g/mol. The number of hydrogen-bond acceptors (Lipinski definition) is 3. The van der Waals surface area contributed by atoms with Crippen LogP contribution >= 0.6 is 27.5 Å². The lowest BCUT2D eigenvalue weighted by atomic mass is 10.0. The molecule has 0 saturated heterocycles. The Morgan fingerprint density at radius 1 is 1.29 bits per heavy atom. The molecule has 0 heterocycles. The summed E-state index contributed by atoms with van der Waals surface area (Å²) in [7, 11) is -3.65. The number of benzene rings is 1. The molecule has 1 fully saturated rings. The van der Waals surface area contributed by atoms with Crippen LogP contribution in [0.4, 0.5) is 5.69 Å². The molecule has 0 spiro atoms. The van der Waals surface area contributed by atoms with E-state index in [9.17, 15) is 8.42 Å². The highest BCUT2D eigenvalue weighted by Crippen LogP contribution is 2.68. The van der Waals surface area contributed by atoms with Crippen molar-refractivity contribution in [2.45, 2.75) is 32.6 Å². The summed E-state index contributed by atoms with van der Waals surface area (Å²) in [6, 6.07) is 2.91. The Kier molecular flexibility index (Phi) is 4.16. The molecule has 0 radical (unpaired) electrons. The number of nitrogens with one attached hydrogen (secondary N) is 1. The van der Waals surface area contributed by atoms with Crippen LogP contribution in [-0.2, 0) is 10.0 Å². The minimum Gasteiger partial charge on any atom is -0.398 e. The van der Waals surface area contributed by atoms with Crippen molar-refractivity contribution in [3.63, 3.8) is 0 Å². The zero-order valence-electron chi connectivity index (χ0n) is 12.5. The van der Waals surface area contributed by atoms with Gasteiger partial charge in [-0.25, -0.2) is 13.1 Å². The van der Waals surface area contributed by atoms with Gasteiger partial charge >= 0.3 is 0 Å². The molecular formula is C14H20BrClN2O2S. The molecule has 1 saturated carbocycles. The van der Waals surface area contributed by atoms with Gasteiger partial charge in [0.05, 0.1) is 9.37 Å². The van der Waals surface area contributed by atoms with Crippen molar-refractivity contribution in [3.05, 3.63) is 21.6 Å². The van der Waals surface area contributed by atoms with Gasteiger partial charge in [-0.05, 0) is 44.8 Å². The van der Waals surface area contributed by atoms with Gasteiger partial charge in [-0.1, -0.05) is 39.3 Å². The van der Waals surface area contributed by atoms with Crippen LogP contribution in [0.2, 0.25) is 5.02 Å². The maximum absolute atomic E-state index is 12.5. The first-order chi connectivity index (χ1) is 9.41. The minimum absolute atomic E-state index is 0.0729. The van der Waals surface area contributed by atoms with Crippen molar-refractivity contribution >= 4 is 43.2 Å². The molecule has 118 valence electrons. The highest BCUT2D eigenvalue weighted by molar-refractivity contribution is 9.10. The van der Waals surface area contributed by atoms with Crippen molar-refractivity contribution in [1.29, 1.82) is 0 Å². The van der Waals surface area contributed by atoms with E-state index in [1.54, 1.807) is 0 Å². The normalized spacial score (nSPS) is 20.5. The highest BCUT2D eigenvalue weighted by Gasteiger charge is 2.64. The number of nitrogen functional groups attached to an aromatic ring is 1. The number of hydrogen-bond donors (Lipinski definition) is 2. The third-order valence-corrected chi connectivity index (χ3v) is 7.93. The molecule has 4 nitrogen and oxygen atoms in total. The summed E-state index contributed by atoms with van der Waals surface area (Å²) in [5.74, 6) is 0.301. The van der Waals surface area contributed by atoms with E-state index >= 15 is 0 Å². The van der Waals surface area contributed by atoms with E-state index < -0.39 is 10.0 Å². The predicted molar refractivity (Wildman–Crippen MR) is 89.8 cm³/mol. The molecule has 0 unspecified atom stereocenters. The quantitative estimate of drug-likeness (QED) is 0.764. The summed E-state index contributed by atoms with van der Waals surface area (Å²) in [6.07, 6.45) is 0. The zero-order chi connectivity index (χ0) is 16.2. The Balaban J connectivity index is 2.22. The smallest absolute Gasteiger partial charge is 0.241 e. The molecule has 21 heavy (non-hydrogen) atoms. The Morgan fingerprint density at radius 2 is 1.81 bits per heavy atom. The number of sulfonamides is 1. The van der Waals surface area contributed by atoms with Crippen molar-refractivity contribution in [3.8, 4) is 0 Å². The Hall–Kier alpha value is -0.300. The molecule has 3 N–H and O–H groups in total. The van der Waals surface area contributed by atoms with Gasteiger partial charge < -0.3 is 5.73 Å². The average Bonchev–Trinajstić information content (AvgIpc) is 2.71. The molecule has 2 rings (SSSR count). The van der Waals surface area contributed by atoms with Gasteiger partial charge in [0.1, 0.15) is 0 Å². The van der Waals surface area contributed by atoms with Crippen molar-refractivity contribution in [1.82, 2.24) is 4.72 Å². The number of rotatable bonds is 4. The molecule has 0 atom stereocenters. The monoisotopic (exact) mass is 394 g/mol. The third-order valence-electron chi connectivity index (χ3n) is 5.12. The highest BCUT2D eigenvalue weighted by atomic mass is 79.9. The van der Waals surface area contributed by atoms with E-state index in [1.165, 1.54) is 12.1 Å². The van der Waals surface area contributed by atoms with Crippen LogP contribution in [-0.4, -0.2) is 15.0 Å². The van der Waals surface area contributed by atoms with Crippen LogP contribution in [0, 0.1) is 16.7 Å². The van der Waals surface area contributed by atoms with Gasteiger partial charge in [-0.3, -0.25) is 0 Å². The third kappa shape index (κ3) is 2.83. The number of nitrogens with two attached hydrogens (primary N) is 1. The summed E-state index contributed by atoms with van der Waals surface area (Å²) in [6.45, 7) is 9.01. The fourth-order valence-electron chi connectivity index (χ4n) is 2.89. The van der Waals surface area contributed by atoms with E-state index in [-0.39, 0.29) is 15.7 Å². The molecule has 1 aliphatic rings. The first-order valence-corrected chi connectivity index (χ1v) is 9.31. The lowest BCUT2D eigenvalue weighted by Crippen LogP contribution is -2.27. The Bertz CT molecular complexity index is 672. The molecule has 1 aromatic rings. The summed E-state index contributed by atoms with van der Waals surface area (Å²) in [5.41, 5.74) is 6.30. The Morgan fingerprint density at radius 3 is 2.29 bits per heavy atom. The maximum Gasteiger partial charge on any atom is 0.241 e. The van der Waals surface area contributed by atoms with Gasteiger partial charge in [0, 0.05) is 17.3 Å². The molecule has 7 heteroatoms. The summed E-state index contributed by atoms with van der Waals surface area (Å²) in [4.78, 5) is 0.0729. The average molecular weight is 396 g/mol. The lowest BCUT2D eigenvalue weighted by molar-refractivity contribution is 0.457. The first-order valence-electron chi connectivity index (χ1n) is 6.65. The second-order valence-corrected chi connectivity index (χ2v) is 9.62. The Labute approximate surface area is 139 Å². The van der Waals surface area contributed by atoms with Crippen molar-refractivity contribution < 1.29 is 8.42 Å². The topological polar surface area (TPSA) is 72.2 Å². The van der Waals surface area contributed by atoms with E-state index in [0.717, 1.165) is 0 Å². The standard InChI is InChI=1S/C14H20BrClN2O2S/c1-13(2)11(14(13,3)4)7-18-21(19,20)10-6-8(16)5-9(17)12(10)15/h5-6,11,18H,7,17H2,1-4H3. The van der Waals surface area contributed by atoms with E-state index in [4.69, 9.17) is 17.3 Å². The first kappa shape index (κ1) is 17.1. The second kappa shape index (κ2) is 5.11. The molecule has 0 amide bonds. The molecule has 0 bridgehead atoms. The molecule has 1 aromatic carbocycles. The molecule has 0 aliphatic heterocycles. The van der Waals surface area contributed by atoms with Gasteiger partial charge in [0.25, 0.3) is 0 Å². The number of halogens is 2. The van der Waals surface area contributed by atoms with E-state index in [0.29, 0.717) is 27.6 Å². The lowest BCUT2D eigenvalue weighted by Gasteiger charge is -2.11. The van der Waals surface area contributed by atoms with Gasteiger partial charge in [0.15, 0.2) is 0 Å². The fourth-order valence-corrected chi connectivity index (χ4v) is 5.23. The summed E-state index contributed by atoms with van der Waals surface area (Å²) < 4.78 is 27.9. The molecule has 1 aliphatic carbocycles. The fraction of sp³-hybridized carbons (Fsp3) is 0.571. The SMILES string of the molecule is CC1(C)C(CNS(=O)(=O)c2cc(Cl)cc(N)c2Br)C1(C)C. The number of anilines is 1. The van der Waals surface area contributed by atoms with Crippen LogP contribution in [0.3, 0.4) is 0 Å². The van der Waals surface area contributed by atoms with Crippen molar-refractivity contribution in [2.24, 2.45) is 16.7 Å². The predicted octanol–water partition coefficient (Wildman–Crippen LogP) is 3.65. The van der Waals surface area contributed by atoms with Crippen molar-refractivity contribution in [2.75, 3.05) is 12.3 Å². The second-order valence-electron chi connectivity index (χ2n) is 6.65. The van der Waals surface area contributed by atoms with Gasteiger partial charge in [-0.2, -0.15) is 0 Å². The molecule has 0 aromatic heterocycles. The largest absolute Gasteiger partial charge is 0.398 e. The van der Waals surface area contributed by atoms with E-state index in [1.807, 2.05) is 0 Å². The van der Waals surface area contributed by atoms with Crippen LogP contribution in [0.5, 0.6) is 0 Å².